The molecule has 0 bridgehead atoms. The van der Waals surface area contributed by atoms with Crippen LogP contribution in [0.1, 0.15) is 19.6 Å². The maximum absolute atomic E-state index is 9.93. The molecule has 1 saturated heterocycles. The number of fused-ring (bicyclic) bond motifs is 1. The van der Waals surface area contributed by atoms with E-state index in [4.69, 9.17) is 15.7 Å². The first-order valence-electron chi connectivity index (χ1n) is 5.89. The van der Waals surface area contributed by atoms with Crippen molar-refractivity contribution < 1.29 is 9.84 Å². The van der Waals surface area contributed by atoms with Crippen LogP contribution in [0.15, 0.2) is 18.6 Å². The molecule has 0 amide bonds. The SMILES string of the molecule is C[C@]1(C#N)O[C@@H](n2ccc3c(N)ncnc32)C[C@@H]1O. The van der Waals surface area contributed by atoms with Gasteiger partial charge in [0.1, 0.15) is 36.2 Å². The van der Waals surface area contributed by atoms with Crippen LogP contribution in [0.2, 0.25) is 0 Å². The molecule has 2 aromatic rings. The van der Waals surface area contributed by atoms with E-state index in [-0.39, 0.29) is 0 Å². The van der Waals surface area contributed by atoms with Crippen molar-refractivity contribution in [1.29, 1.82) is 5.26 Å². The molecule has 0 spiro atoms. The van der Waals surface area contributed by atoms with Crippen LogP contribution in [0.5, 0.6) is 0 Å². The minimum absolute atomic E-state index is 0.331. The highest BCUT2D eigenvalue weighted by molar-refractivity contribution is 5.86. The van der Waals surface area contributed by atoms with Crippen LogP contribution >= 0.6 is 0 Å². The van der Waals surface area contributed by atoms with Gasteiger partial charge in [-0.05, 0) is 13.0 Å². The number of hydrogen-bond donors (Lipinski definition) is 2. The number of hydrogen-bond acceptors (Lipinski definition) is 6. The lowest BCUT2D eigenvalue weighted by molar-refractivity contribution is -0.0525. The summed E-state index contributed by atoms with van der Waals surface area (Å²) < 4.78 is 7.42. The van der Waals surface area contributed by atoms with E-state index in [1.165, 1.54) is 6.33 Å². The minimum Gasteiger partial charge on any atom is -0.389 e. The zero-order valence-electron chi connectivity index (χ0n) is 10.3. The van der Waals surface area contributed by atoms with Gasteiger partial charge in [0.05, 0.1) is 5.39 Å². The second-order valence-electron chi connectivity index (χ2n) is 4.76. The van der Waals surface area contributed by atoms with Crippen molar-refractivity contribution >= 4 is 16.9 Å². The van der Waals surface area contributed by atoms with Crippen molar-refractivity contribution in [2.24, 2.45) is 0 Å². The summed E-state index contributed by atoms with van der Waals surface area (Å²) in [5.74, 6) is 0.394. The van der Waals surface area contributed by atoms with Crippen LogP contribution in [0.25, 0.3) is 11.0 Å². The summed E-state index contributed by atoms with van der Waals surface area (Å²) in [5, 5.41) is 19.7. The molecule has 1 fully saturated rings. The molecule has 0 aromatic carbocycles. The number of rotatable bonds is 1. The Balaban J connectivity index is 2.04. The van der Waals surface area contributed by atoms with Crippen LogP contribution in [-0.4, -0.2) is 31.3 Å². The third kappa shape index (κ3) is 1.65. The Morgan fingerprint density at radius 2 is 2.42 bits per heavy atom. The molecule has 0 unspecified atom stereocenters. The third-order valence-electron chi connectivity index (χ3n) is 3.51. The zero-order chi connectivity index (χ0) is 13.6. The molecule has 0 aliphatic carbocycles. The molecule has 19 heavy (non-hydrogen) atoms. The van der Waals surface area contributed by atoms with Crippen molar-refractivity contribution in [3.8, 4) is 6.07 Å². The van der Waals surface area contributed by atoms with E-state index in [1.807, 2.05) is 6.07 Å². The summed E-state index contributed by atoms with van der Waals surface area (Å²) in [6.45, 7) is 1.58. The minimum atomic E-state index is -1.19. The summed E-state index contributed by atoms with van der Waals surface area (Å²) in [5.41, 5.74) is 5.20. The molecule has 0 radical (unpaired) electrons. The number of nitrogens with two attached hydrogens (primary N) is 1. The van der Waals surface area contributed by atoms with Crippen LogP contribution in [0.3, 0.4) is 0 Å². The van der Waals surface area contributed by atoms with Crippen LogP contribution in [-0.2, 0) is 4.74 Å². The predicted molar refractivity (Wildman–Crippen MR) is 66.7 cm³/mol. The topological polar surface area (TPSA) is 110 Å². The largest absolute Gasteiger partial charge is 0.389 e. The fourth-order valence-electron chi connectivity index (χ4n) is 2.32. The van der Waals surface area contributed by atoms with E-state index >= 15 is 0 Å². The Kier molecular flexibility index (Phi) is 2.45. The quantitative estimate of drug-likeness (QED) is 0.775. The maximum atomic E-state index is 9.93. The van der Waals surface area contributed by atoms with Gasteiger partial charge >= 0.3 is 0 Å². The predicted octanol–water partition coefficient (Wildman–Crippen LogP) is 0.576. The molecular weight excluding hydrogens is 246 g/mol. The number of anilines is 1. The molecule has 1 aliphatic rings. The summed E-state index contributed by atoms with van der Waals surface area (Å²) in [6.07, 6.45) is 2.21. The van der Waals surface area contributed by atoms with E-state index in [1.54, 1.807) is 23.8 Å². The Labute approximate surface area is 109 Å². The molecule has 3 rings (SSSR count). The number of ether oxygens (including phenoxy) is 1. The molecule has 7 nitrogen and oxygen atoms in total. The Hall–Kier alpha value is -2.17. The first-order chi connectivity index (χ1) is 9.05. The molecule has 3 atom stereocenters. The van der Waals surface area contributed by atoms with Gasteiger partial charge in [-0.2, -0.15) is 5.26 Å². The zero-order valence-corrected chi connectivity index (χ0v) is 10.3. The van der Waals surface area contributed by atoms with Gasteiger partial charge in [-0.15, -0.1) is 0 Å². The normalized spacial score (nSPS) is 30.6. The highest BCUT2D eigenvalue weighted by atomic mass is 16.5. The maximum Gasteiger partial charge on any atom is 0.179 e. The van der Waals surface area contributed by atoms with E-state index in [0.717, 1.165) is 5.39 Å². The summed E-state index contributed by atoms with van der Waals surface area (Å²) in [7, 11) is 0. The Morgan fingerprint density at radius 3 is 3.11 bits per heavy atom. The standard InChI is InChI=1S/C12H13N5O2/c1-12(5-13)8(18)4-9(19-12)17-3-2-7-10(14)15-6-16-11(7)17/h2-3,6,8-9,18H,4H2,1H3,(H2,14,15,16)/t8-,9+,12+/m0/s1. The van der Waals surface area contributed by atoms with Crippen LogP contribution in [0, 0.1) is 11.3 Å². The summed E-state index contributed by atoms with van der Waals surface area (Å²) >= 11 is 0. The van der Waals surface area contributed by atoms with Gasteiger partial charge < -0.3 is 20.1 Å². The van der Waals surface area contributed by atoms with Gasteiger partial charge in [-0.3, -0.25) is 0 Å². The number of aliphatic hydroxyl groups is 1. The molecule has 3 N–H and O–H groups in total. The van der Waals surface area contributed by atoms with Gasteiger partial charge in [0.2, 0.25) is 0 Å². The van der Waals surface area contributed by atoms with E-state index in [0.29, 0.717) is 17.9 Å². The van der Waals surface area contributed by atoms with Crippen molar-refractivity contribution in [2.75, 3.05) is 5.73 Å². The van der Waals surface area contributed by atoms with E-state index in [9.17, 15) is 5.11 Å². The van der Waals surface area contributed by atoms with Crippen molar-refractivity contribution in [3.63, 3.8) is 0 Å². The van der Waals surface area contributed by atoms with Crippen molar-refractivity contribution in [3.05, 3.63) is 18.6 Å². The number of nitrogens with zero attached hydrogens (tertiary/aromatic N) is 4. The van der Waals surface area contributed by atoms with Crippen LogP contribution < -0.4 is 5.73 Å². The molecule has 7 heteroatoms. The van der Waals surface area contributed by atoms with Gasteiger partial charge in [-0.1, -0.05) is 0 Å². The van der Waals surface area contributed by atoms with Crippen molar-refractivity contribution in [2.45, 2.75) is 31.3 Å². The highest BCUT2D eigenvalue weighted by Gasteiger charge is 2.45. The number of aromatic nitrogens is 3. The van der Waals surface area contributed by atoms with Gasteiger partial charge in [0, 0.05) is 12.6 Å². The average Bonchev–Trinajstić information content (AvgIpc) is 2.94. The average molecular weight is 259 g/mol. The molecule has 3 heterocycles. The fraction of sp³-hybridized carbons (Fsp3) is 0.417. The number of aliphatic hydroxyl groups excluding tert-OH is 1. The summed E-state index contributed by atoms with van der Waals surface area (Å²) in [4.78, 5) is 8.09. The second kappa shape index (κ2) is 3.91. The monoisotopic (exact) mass is 259 g/mol. The molecular formula is C12H13N5O2. The molecule has 1 aliphatic heterocycles. The fourth-order valence-corrected chi connectivity index (χ4v) is 2.32. The smallest absolute Gasteiger partial charge is 0.179 e. The van der Waals surface area contributed by atoms with Gasteiger partial charge in [-0.25, -0.2) is 9.97 Å². The first-order valence-corrected chi connectivity index (χ1v) is 5.89. The Morgan fingerprint density at radius 1 is 1.63 bits per heavy atom. The van der Waals surface area contributed by atoms with E-state index in [2.05, 4.69) is 9.97 Å². The first kappa shape index (κ1) is 11.9. The highest BCUT2D eigenvalue weighted by Crippen LogP contribution is 2.37. The van der Waals surface area contributed by atoms with Crippen LogP contribution in [0.4, 0.5) is 5.82 Å². The molecule has 0 saturated carbocycles. The molecule has 2 aromatic heterocycles. The van der Waals surface area contributed by atoms with Gasteiger partial charge in [0.25, 0.3) is 0 Å². The van der Waals surface area contributed by atoms with Gasteiger partial charge in [0.15, 0.2) is 5.60 Å². The lowest BCUT2D eigenvalue weighted by Crippen LogP contribution is -2.33. The molecule has 98 valence electrons. The number of nitriles is 1. The summed E-state index contributed by atoms with van der Waals surface area (Å²) in [6, 6.07) is 3.79. The lowest BCUT2D eigenvalue weighted by atomic mass is 10.0. The lowest BCUT2D eigenvalue weighted by Gasteiger charge is -2.19. The Bertz CT molecular complexity index is 676. The van der Waals surface area contributed by atoms with Crippen molar-refractivity contribution in [1.82, 2.24) is 14.5 Å². The second-order valence-corrected chi connectivity index (χ2v) is 4.76. The van der Waals surface area contributed by atoms with E-state index < -0.39 is 17.9 Å². The number of nitrogen functional groups attached to an aromatic ring is 1. The third-order valence-corrected chi connectivity index (χ3v) is 3.51.